The van der Waals surface area contributed by atoms with Gasteiger partial charge in [0.2, 0.25) is 0 Å². The summed E-state index contributed by atoms with van der Waals surface area (Å²) in [6.07, 6.45) is 3.53. The number of pyridine rings is 1. The first-order chi connectivity index (χ1) is 11.6. The fourth-order valence-electron chi connectivity index (χ4n) is 2.42. The number of rotatable bonds is 4. The van der Waals surface area contributed by atoms with Crippen molar-refractivity contribution in [1.29, 1.82) is 0 Å². The molecular formula is C18H17N3O3. The van der Waals surface area contributed by atoms with Crippen molar-refractivity contribution >= 4 is 17.5 Å². The van der Waals surface area contributed by atoms with E-state index in [1.165, 1.54) is 7.11 Å². The van der Waals surface area contributed by atoms with Crippen LogP contribution in [0.5, 0.6) is 0 Å². The lowest BCUT2D eigenvalue weighted by Gasteiger charge is -2.13. The van der Waals surface area contributed by atoms with Gasteiger partial charge in [-0.3, -0.25) is 4.79 Å². The van der Waals surface area contributed by atoms with Gasteiger partial charge in [0.25, 0.3) is 5.91 Å². The number of fused-ring (bicyclic) bond motifs is 1. The zero-order valence-electron chi connectivity index (χ0n) is 13.4. The third kappa shape index (κ3) is 3.12. The van der Waals surface area contributed by atoms with Crippen LogP contribution in [0, 0.1) is 0 Å². The highest BCUT2D eigenvalue weighted by molar-refractivity contribution is 5.93. The van der Waals surface area contributed by atoms with Crippen LogP contribution >= 0.6 is 0 Å². The van der Waals surface area contributed by atoms with Crippen LogP contribution in [0.1, 0.15) is 39.4 Å². The largest absolute Gasteiger partial charge is 0.465 e. The molecular weight excluding hydrogens is 306 g/mol. The van der Waals surface area contributed by atoms with Crippen molar-refractivity contribution < 1.29 is 14.3 Å². The van der Waals surface area contributed by atoms with Crippen molar-refractivity contribution in [2.24, 2.45) is 0 Å². The van der Waals surface area contributed by atoms with Gasteiger partial charge in [-0.15, -0.1) is 0 Å². The molecule has 3 aromatic rings. The number of nitrogens with zero attached hydrogens (tertiary/aromatic N) is 2. The first-order valence-corrected chi connectivity index (χ1v) is 7.51. The number of hydrogen-bond acceptors (Lipinski definition) is 4. The number of imidazole rings is 1. The van der Waals surface area contributed by atoms with Crippen molar-refractivity contribution in [2.45, 2.75) is 13.0 Å². The van der Waals surface area contributed by atoms with E-state index in [1.54, 1.807) is 34.9 Å². The number of nitrogens with one attached hydrogen (secondary N) is 1. The zero-order chi connectivity index (χ0) is 17.1. The molecule has 24 heavy (non-hydrogen) atoms. The smallest absolute Gasteiger partial charge is 0.337 e. The molecule has 0 bridgehead atoms. The normalized spacial score (nSPS) is 11.9. The summed E-state index contributed by atoms with van der Waals surface area (Å²) in [5, 5.41) is 2.91. The Morgan fingerprint density at radius 3 is 2.58 bits per heavy atom. The maximum absolute atomic E-state index is 12.4. The Morgan fingerprint density at radius 2 is 1.92 bits per heavy atom. The fraction of sp³-hybridized carbons (Fsp3) is 0.167. The highest BCUT2D eigenvalue weighted by atomic mass is 16.5. The lowest BCUT2D eigenvalue weighted by molar-refractivity contribution is 0.0600. The molecule has 0 radical (unpaired) electrons. The number of carbonyl (C=O) groups excluding carboxylic acids is 2. The average molecular weight is 323 g/mol. The van der Waals surface area contributed by atoms with Gasteiger partial charge in [-0.1, -0.05) is 18.2 Å². The molecule has 0 saturated carbocycles. The zero-order valence-corrected chi connectivity index (χ0v) is 13.4. The highest BCUT2D eigenvalue weighted by Gasteiger charge is 2.15. The van der Waals surface area contributed by atoms with Gasteiger partial charge >= 0.3 is 5.97 Å². The van der Waals surface area contributed by atoms with E-state index >= 15 is 0 Å². The van der Waals surface area contributed by atoms with Crippen LogP contribution in [0.2, 0.25) is 0 Å². The topological polar surface area (TPSA) is 72.7 Å². The van der Waals surface area contributed by atoms with E-state index in [-0.39, 0.29) is 17.9 Å². The number of aromatic nitrogens is 2. The van der Waals surface area contributed by atoms with E-state index in [1.807, 2.05) is 31.3 Å². The summed E-state index contributed by atoms with van der Waals surface area (Å²) < 4.78 is 6.46. The predicted molar refractivity (Wildman–Crippen MR) is 88.9 cm³/mol. The molecule has 1 amide bonds. The number of ether oxygens (including phenoxy) is 1. The average Bonchev–Trinajstić information content (AvgIpc) is 3.05. The van der Waals surface area contributed by atoms with Crippen LogP contribution in [0.15, 0.2) is 54.9 Å². The first kappa shape index (κ1) is 15.7. The summed E-state index contributed by atoms with van der Waals surface area (Å²) >= 11 is 0. The predicted octanol–water partition coefficient (Wildman–Crippen LogP) is 2.61. The Morgan fingerprint density at radius 1 is 1.17 bits per heavy atom. The number of amides is 1. The molecule has 6 nitrogen and oxygen atoms in total. The van der Waals surface area contributed by atoms with Crippen LogP contribution in [-0.2, 0) is 4.74 Å². The molecule has 6 heteroatoms. The third-order valence-electron chi connectivity index (χ3n) is 3.78. The minimum Gasteiger partial charge on any atom is -0.465 e. The summed E-state index contributed by atoms with van der Waals surface area (Å²) in [5.74, 6) is -0.633. The molecule has 0 aliphatic heterocycles. The van der Waals surface area contributed by atoms with Crippen LogP contribution in [0.3, 0.4) is 0 Å². The molecule has 2 heterocycles. The van der Waals surface area contributed by atoms with E-state index in [9.17, 15) is 9.59 Å². The number of esters is 1. The summed E-state index contributed by atoms with van der Waals surface area (Å²) in [7, 11) is 1.34. The molecule has 1 aromatic carbocycles. The Kier molecular flexibility index (Phi) is 4.29. The minimum absolute atomic E-state index is 0.214. The van der Waals surface area contributed by atoms with Gasteiger partial charge in [0.1, 0.15) is 11.3 Å². The number of benzene rings is 1. The first-order valence-electron chi connectivity index (χ1n) is 7.51. The maximum atomic E-state index is 12.4. The van der Waals surface area contributed by atoms with Crippen molar-refractivity contribution in [3.63, 3.8) is 0 Å². The van der Waals surface area contributed by atoms with Crippen LogP contribution in [0.4, 0.5) is 0 Å². The summed E-state index contributed by atoms with van der Waals surface area (Å²) in [6.45, 7) is 1.88. The molecule has 3 rings (SSSR count). The Hall–Kier alpha value is -3.15. The van der Waals surface area contributed by atoms with Crippen molar-refractivity contribution in [3.8, 4) is 0 Å². The van der Waals surface area contributed by atoms with Gasteiger partial charge in [0, 0.05) is 12.4 Å². The SMILES string of the molecule is COC(=O)c1ccc(C(C)NC(=O)c2cn3ccccc3n2)cc1. The third-order valence-corrected chi connectivity index (χ3v) is 3.78. The van der Waals surface area contributed by atoms with E-state index in [0.717, 1.165) is 11.2 Å². The summed E-state index contributed by atoms with van der Waals surface area (Å²) in [4.78, 5) is 28.1. The number of methoxy groups -OCH3 is 1. The molecule has 1 N–H and O–H groups in total. The van der Waals surface area contributed by atoms with Crippen molar-refractivity contribution in [2.75, 3.05) is 7.11 Å². The summed E-state index contributed by atoms with van der Waals surface area (Å²) in [6, 6.07) is 12.3. The standard InChI is InChI=1S/C18H17N3O3/c1-12(13-6-8-14(9-7-13)18(23)24-2)19-17(22)15-11-21-10-4-3-5-16(21)20-15/h3-12H,1-2H3,(H,19,22). The van der Waals surface area contributed by atoms with Crippen molar-refractivity contribution in [3.05, 3.63) is 71.7 Å². The van der Waals surface area contributed by atoms with E-state index in [2.05, 4.69) is 15.0 Å². The minimum atomic E-state index is -0.386. The number of hydrogen-bond donors (Lipinski definition) is 1. The maximum Gasteiger partial charge on any atom is 0.337 e. The summed E-state index contributed by atoms with van der Waals surface area (Å²) in [5.41, 5.74) is 2.44. The van der Waals surface area contributed by atoms with E-state index in [4.69, 9.17) is 0 Å². The molecule has 0 spiro atoms. The molecule has 1 atom stereocenters. The van der Waals surface area contributed by atoms with Crippen molar-refractivity contribution in [1.82, 2.24) is 14.7 Å². The van der Waals surface area contributed by atoms with Crippen LogP contribution in [-0.4, -0.2) is 28.4 Å². The highest BCUT2D eigenvalue weighted by Crippen LogP contribution is 2.15. The second kappa shape index (κ2) is 6.54. The monoisotopic (exact) mass is 323 g/mol. The van der Waals surface area contributed by atoms with E-state index in [0.29, 0.717) is 11.3 Å². The lowest BCUT2D eigenvalue weighted by atomic mass is 10.1. The molecule has 2 aromatic heterocycles. The van der Waals surface area contributed by atoms with Gasteiger partial charge in [-0.25, -0.2) is 9.78 Å². The van der Waals surface area contributed by atoms with Crippen LogP contribution < -0.4 is 5.32 Å². The molecule has 0 fully saturated rings. The fourth-order valence-corrected chi connectivity index (χ4v) is 2.42. The number of carbonyl (C=O) groups is 2. The Labute approximate surface area is 139 Å². The Balaban J connectivity index is 1.72. The van der Waals surface area contributed by atoms with Gasteiger partial charge in [0.05, 0.1) is 18.7 Å². The van der Waals surface area contributed by atoms with Gasteiger partial charge in [0.15, 0.2) is 0 Å². The quantitative estimate of drug-likeness (QED) is 0.749. The lowest BCUT2D eigenvalue weighted by Crippen LogP contribution is -2.26. The molecule has 122 valence electrons. The molecule has 1 unspecified atom stereocenters. The second-order valence-corrected chi connectivity index (χ2v) is 5.40. The molecule has 0 aliphatic carbocycles. The molecule has 0 aliphatic rings. The second-order valence-electron chi connectivity index (χ2n) is 5.40. The molecule has 0 saturated heterocycles. The van der Waals surface area contributed by atoms with Gasteiger partial charge in [-0.05, 0) is 36.8 Å². The Bertz CT molecular complexity index is 851. The van der Waals surface area contributed by atoms with Gasteiger partial charge < -0.3 is 14.5 Å². The van der Waals surface area contributed by atoms with Crippen LogP contribution in [0.25, 0.3) is 5.65 Å². The van der Waals surface area contributed by atoms with E-state index < -0.39 is 0 Å². The van der Waals surface area contributed by atoms with Gasteiger partial charge in [-0.2, -0.15) is 0 Å².